The molecule has 1 aromatic rings. The predicted molar refractivity (Wildman–Crippen MR) is 63.5 cm³/mol. The third kappa shape index (κ3) is 2.36. The first-order valence-corrected chi connectivity index (χ1v) is 5.64. The summed E-state index contributed by atoms with van der Waals surface area (Å²) in [6.07, 6.45) is 1.85. The van der Waals surface area contributed by atoms with E-state index in [0.717, 1.165) is 22.9 Å². The monoisotopic (exact) mass is 244 g/mol. The summed E-state index contributed by atoms with van der Waals surface area (Å²) in [5.41, 5.74) is 11.0. The maximum absolute atomic E-state index is 11.3. The van der Waals surface area contributed by atoms with Crippen LogP contribution in [0.15, 0.2) is 12.1 Å². The zero-order valence-corrected chi connectivity index (χ0v) is 9.97. The number of nitrogens with zero attached hydrogens (tertiary/aromatic N) is 2. The Morgan fingerprint density at radius 2 is 2.33 bits per heavy atom. The van der Waals surface area contributed by atoms with Gasteiger partial charge in [0.15, 0.2) is 0 Å². The highest BCUT2D eigenvalue weighted by molar-refractivity contribution is 6.25. The molecular formula is C13H12N2O3. The molecule has 0 spiro atoms. The van der Waals surface area contributed by atoms with Gasteiger partial charge in [-0.3, -0.25) is 9.59 Å². The molecule has 0 amide bonds. The van der Waals surface area contributed by atoms with E-state index >= 15 is 0 Å². The highest BCUT2D eigenvalue weighted by Crippen LogP contribution is 2.33. The topological polar surface area (TPSA) is 79.8 Å². The van der Waals surface area contributed by atoms with Crippen molar-refractivity contribution in [1.29, 1.82) is 0 Å². The van der Waals surface area contributed by atoms with Gasteiger partial charge in [0.1, 0.15) is 5.75 Å². The van der Waals surface area contributed by atoms with E-state index in [1.54, 1.807) is 0 Å². The van der Waals surface area contributed by atoms with Gasteiger partial charge in [-0.1, -0.05) is 12.1 Å². The second kappa shape index (κ2) is 4.94. The lowest BCUT2D eigenvalue weighted by molar-refractivity contribution is -0.131. The van der Waals surface area contributed by atoms with Gasteiger partial charge in [-0.2, -0.15) is 4.79 Å². The SMILES string of the molecule is Cc1ccc2c(c1CCC(=O)C=[N+]=[N-])OC(=O)C2. The minimum atomic E-state index is -0.265. The summed E-state index contributed by atoms with van der Waals surface area (Å²) in [6.45, 7) is 1.91. The molecule has 0 unspecified atom stereocenters. The molecule has 0 N–H and O–H groups in total. The highest BCUT2D eigenvalue weighted by atomic mass is 16.5. The highest BCUT2D eigenvalue weighted by Gasteiger charge is 2.24. The average Bonchev–Trinajstić information content (AvgIpc) is 2.69. The van der Waals surface area contributed by atoms with Crippen molar-refractivity contribution in [3.05, 3.63) is 34.4 Å². The second-order valence-corrected chi connectivity index (χ2v) is 4.21. The van der Waals surface area contributed by atoms with E-state index < -0.39 is 0 Å². The molecule has 92 valence electrons. The van der Waals surface area contributed by atoms with Crippen LogP contribution in [0.4, 0.5) is 0 Å². The molecular weight excluding hydrogens is 232 g/mol. The van der Waals surface area contributed by atoms with Gasteiger partial charge in [-0.25, -0.2) is 0 Å². The normalized spacial score (nSPS) is 12.6. The number of benzene rings is 1. The number of hydrogen-bond acceptors (Lipinski definition) is 3. The van der Waals surface area contributed by atoms with Gasteiger partial charge < -0.3 is 10.3 Å². The van der Waals surface area contributed by atoms with Crippen molar-refractivity contribution in [1.82, 2.24) is 0 Å². The number of aryl methyl sites for hydroxylation is 1. The van der Waals surface area contributed by atoms with Gasteiger partial charge in [-0.05, 0) is 24.5 Å². The van der Waals surface area contributed by atoms with Crippen LogP contribution in [0.25, 0.3) is 5.53 Å². The third-order valence-electron chi connectivity index (χ3n) is 2.95. The van der Waals surface area contributed by atoms with Crippen molar-refractivity contribution >= 4 is 18.0 Å². The van der Waals surface area contributed by atoms with Gasteiger partial charge in [0.05, 0.1) is 6.42 Å². The molecule has 0 bridgehead atoms. The molecule has 5 nitrogen and oxygen atoms in total. The molecule has 0 aliphatic carbocycles. The molecule has 0 fully saturated rings. The maximum Gasteiger partial charge on any atom is 0.323 e. The minimum absolute atomic E-state index is 0.221. The molecule has 5 heteroatoms. The van der Waals surface area contributed by atoms with Crippen LogP contribution in [-0.2, 0) is 22.4 Å². The number of Topliss-reactive ketones (excluding diaryl/α,β-unsaturated/α-hetero) is 1. The van der Waals surface area contributed by atoms with Gasteiger partial charge in [0.25, 0.3) is 0 Å². The van der Waals surface area contributed by atoms with Crippen molar-refractivity contribution < 1.29 is 19.1 Å². The van der Waals surface area contributed by atoms with Crippen molar-refractivity contribution in [2.45, 2.75) is 26.2 Å². The van der Waals surface area contributed by atoms with Gasteiger partial charge >= 0.3 is 12.2 Å². The van der Waals surface area contributed by atoms with Crippen molar-refractivity contribution in [3.63, 3.8) is 0 Å². The van der Waals surface area contributed by atoms with Crippen LogP contribution in [0.3, 0.4) is 0 Å². The predicted octanol–water partition coefficient (Wildman–Crippen LogP) is 1.26. The first-order valence-electron chi connectivity index (χ1n) is 5.64. The average molecular weight is 244 g/mol. The number of ketones is 1. The van der Waals surface area contributed by atoms with Crippen LogP contribution >= 0.6 is 0 Å². The Bertz CT molecular complexity index is 572. The number of hydrogen-bond donors (Lipinski definition) is 0. The van der Waals surface area contributed by atoms with Crippen LogP contribution in [0.5, 0.6) is 5.75 Å². The number of carbonyl (C=O) groups excluding carboxylic acids is 2. The summed E-state index contributed by atoms with van der Waals surface area (Å²) in [5.74, 6) is 0.0626. The Labute approximate surface area is 104 Å². The summed E-state index contributed by atoms with van der Waals surface area (Å²) in [6, 6.07) is 3.79. The molecule has 0 radical (unpaired) electrons. The summed E-state index contributed by atoms with van der Waals surface area (Å²) in [7, 11) is 0. The number of fused-ring (bicyclic) bond motifs is 1. The van der Waals surface area contributed by atoms with Crippen LogP contribution in [0.2, 0.25) is 0 Å². The van der Waals surface area contributed by atoms with Crippen LogP contribution in [0, 0.1) is 6.92 Å². The van der Waals surface area contributed by atoms with E-state index in [9.17, 15) is 9.59 Å². The maximum atomic E-state index is 11.3. The Morgan fingerprint density at radius 1 is 1.56 bits per heavy atom. The van der Waals surface area contributed by atoms with Crippen molar-refractivity contribution in [3.8, 4) is 5.75 Å². The smallest absolute Gasteiger partial charge is 0.323 e. The lowest BCUT2D eigenvalue weighted by Crippen LogP contribution is -2.05. The Balaban J connectivity index is 2.23. The number of ether oxygens (including phenoxy) is 1. The molecule has 0 saturated heterocycles. The van der Waals surface area contributed by atoms with Gasteiger partial charge in [-0.15, -0.1) is 0 Å². The number of rotatable bonds is 4. The Hall–Kier alpha value is -2.26. The molecule has 1 aliphatic rings. The molecule has 0 saturated carbocycles. The van der Waals surface area contributed by atoms with E-state index in [-0.39, 0.29) is 24.6 Å². The standard InChI is InChI=1S/C13H12N2O3/c1-8-2-3-9-6-12(17)18-13(9)11(8)5-4-10(16)7-15-14/h2-3,7H,4-6H2,1H3. The lowest BCUT2D eigenvalue weighted by Gasteiger charge is -2.09. The van der Waals surface area contributed by atoms with Crippen molar-refractivity contribution in [2.75, 3.05) is 0 Å². The zero-order chi connectivity index (χ0) is 13.1. The van der Waals surface area contributed by atoms with Crippen molar-refractivity contribution in [2.24, 2.45) is 0 Å². The first kappa shape index (κ1) is 12.2. The molecule has 0 aromatic heterocycles. The quantitative estimate of drug-likeness (QED) is 0.263. The Kier molecular flexibility index (Phi) is 3.35. The third-order valence-corrected chi connectivity index (χ3v) is 2.95. The summed E-state index contributed by atoms with van der Waals surface area (Å²) >= 11 is 0. The molecule has 2 rings (SSSR count). The van der Waals surface area contributed by atoms with E-state index in [4.69, 9.17) is 10.3 Å². The first-order chi connectivity index (χ1) is 8.61. The number of carbonyl (C=O) groups is 2. The largest absolute Gasteiger partial charge is 0.426 e. The summed E-state index contributed by atoms with van der Waals surface area (Å²) < 4.78 is 5.18. The molecule has 1 aliphatic heterocycles. The zero-order valence-electron chi connectivity index (χ0n) is 9.97. The van der Waals surface area contributed by atoms with E-state index in [1.807, 2.05) is 19.1 Å². The summed E-state index contributed by atoms with van der Waals surface area (Å²) in [4.78, 5) is 25.2. The van der Waals surface area contributed by atoms with Crippen LogP contribution in [0.1, 0.15) is 23.1 Å². The molecule has 1 aromatic carbocycles. The fourth-order valence-corrected chi connectivity index (χ4v) is 2.03. The lowest BCUT2D eigenvalue weighted by atomic mass is 9.98. The second-order valence-electron chi connectivity index (χ2n) is 4.21. The van der Waals surface area contributed by atoms with Crippen LogP contribution in [-0.4, -0.2) is 22.8 Å². The number of esters is 1. The van der Waals surface area contributed by atoms with E-state index in [0.29, 0.717) is 12.2 Å². The van der Waals surface area contributed by atoms with Gasteiger partial charge in [0.2, 0.25) is 5.78 Å². The summed E-state index contributed by atoms with van der Waals surface area (Å²) in [5, 5.41) is 0. The van der Waals surface area contributed by atoms with E-state index in [1.165, 1.54) is 0 Å². The molecule has 18 heavy (non-hydrogen) atoms. The molecule has 1 heterocycles. The van der Waals surface area contributed by atoms with E-state index in [2.05, 4.69) is 4.79 Å². The Morgan fingerprint density at radius 3 is 3.06 bits per heavy atom. The van der Waals surface area contributed by atoms with Gasteiger partial charge in [0, 0.05) is 12.0 Å². The fraction of sp³-hybridized carbons (Fsp3) is 0.308. The van der Waals surface area contributed by atoms with Crippen LogP contribution < -0.4 is 4.74 Å². The fourth-order valence-electron chi connectivity index (χ4n) is 2.03. The minimum Gasteiger partial charge on any atom is -0.426 e. The molecule has 0 atom stereocenters.